The van der Waals surface area contributed by atoms with Gasteiger partial charge in [0.1, 0.15) is 6.61 Å². The Hall–Kier alpha value is -3.87. The lowest BCUT2D eigenvalue weighted by Gasteiger charge is -2.19. The zero-order valence-electron chi connectivity index (χ0n) is 20.1. The summed E-state index contributed by atoms with van der Waals surface area (Å²) in [6.45, 7) is 7.63. The van der Waals surface area contributed by atoms with Gasteiger partial charge in [0.05, 0.1) is 42.8 Å². The third kappa shape index (κ3) is 5.36. The molecule has 34 heavy (non-hydrogen) atoms. The maximum absolute atomic E-state index is 12.9. The van der Waals surface area contributed by atoms with Crippen molar-refractivity contribution in [3.8, 4) is 22.6 Å². The Labute approximate surface area is 199 Å². The minimum Gasteiger partial charge on any atom is -0.493 e. The van der Waals surface area contributed by atoms with Crippen molar-refractivity contribution in [3.05, 3.63) is 76.6 Å². The molecule has 0 bridgehead atoms. The molecule has 0 aliphatic rings. The lowest BCUT2D eigenvalue weighted by atomic mass is 9.92. The summed E-state index contributed by atoms with van der Waals surface area (Å²) in [5.74, 6) is -0.119. The van der Waals surface area contributed by atoms with Crippen molar-refractivity contribution in [2.24, 2.45) is 0 Å². The second kappa shape index (κ2) is 11.3. The monoisotopic (exact) mass is 463 g/mol. The van der Waals surface area contributed by atoms with Crippen molar-refractivity contribution in [1.82, 2.24) is 4.98 Å². The predicted molar refractivity (Wildman–Crippen MR) is 128 cm³/mol. The van der Waals surface area contributed by atoms with Gasteiger partial charge in [0.15, 0.2) is 11.5 Å². The fourth-order valence-corrected chi connectivity index (χ4v) is 3.72. The Kier molecular flexibility index (Phi) is 8.24. The smallest absolute Gasteiger partial charge is 0.340 e. The molecule has 3 aromatic rings. The average molecular weight is 464 g/mol. The maximum Gasteiger partial charge on any atom is 0.340 e. The van der Waals surface area contributed by atoms with Gasteiger partial charge in [0.2, 0.25) is 0 Å². The summed E-state index contributed by atoms with van der Waals surface area (Å²) >= 11 is 0. The molecule has 0 amide bonds. The molecule has 1 heterocycles. The lowest BCUT2D eigenvalue weighted by Crippen LogP contribution is -2.17. The largest absolute Gasteiger partial charge is 0.493 e. The van der Waals surface area contributed by atoms with Crippen LogP contribution in [0.3, 0.4) is 0 Å². The molecule has 178 valence electrons. The number of carbonyl (C=O) groups is 2. The van der Waals surface area contributed by atoms with Crippen LogP contribution in [-0.4, -0.2) is 37.2 Å². The molecule has 0 spiro atoms. The van der Waals surface area contributed by atoms with Crippen LogP contribution in [-0.2, 0) is 16.1 Å². The number of esters is 2. The minimum absolute atomic E-state index is 0.190. The van der Waals surface area contributed by atoms with Gasteiger partial charge in [-0.25, -0.2) is 9.59 Å². The van der Waals surface area contributed by atoms with Crippen molar-refractivity contribution in [1.29, 1.82) is 0 Å². The average Bonchev–Trinajstić information content (AvgIpc) is 2.83. The summed E-state index contributed by atoms with van der Waals surface area (Å²) < 4.78 is 22.1. The summed E-state index contributed by atoms with van der Waals surface area (Å²) in [7, 11) is 1.54. The fourth-order valence-electron chi connectivity index (χ4n) is 3.72. The van der Waals surface area contributed by atoms with Gasteiger partial charge in [-0.1, -0.05) is 36.4 Å². The van der Waals surface area contributed by atoms with Gasteiger partial charge in [0, 0.05) is 5.56 Å². The lowest BCUT2D eigenvalue weighted by molar-refractivity contribution is 0.0525. The van der Waals surface area contributed by atoms with Gasteiger partial charge in [0.25, 0.3) is 0 Å². The van der Waals surface area contributed by atoms with Crippen LogP contribution in [0.1, 0.15) is 51.5 Å². The molecular formula is C27H29NO6. The molecule has 0 aliphatic carbocycles. The molecule has 0 aliphatic heterocycles. The summed E-state index contributed by atoms with van der Waals surface area (Å²) in [6, 6.07) is 15.1. The Morgan fingerprint density at radius 1 is 0.824 bits per heavy atom. The number of nitrogens with zero attached hydrogens (tertiary/aromatic N) is 1. The number of benzene rings is 2. The van der Waals surface area contributed by atoms with E-state index in [2.05, 4.69) is 4.98 Å². The number of pyridine rings is 1. The molecule has 0 fully saturated rings. The van der Waals surface area contributed by atoms with E-state index in [1.54, 1.807) is 45.9 Å². The highest BCUT2D eigenvalue weighted by molar-refractivity contribution is 6.07. The van der Waals surface area contributed by atoms with Crippen molar-refractivity contribution in [2.75, 3.05) is 20.3 Å². The molecule has 0 saturated heterocycles. The van der Waals surface area contributed by atoms with Gasteiger partial charge >= 0.3 is 11.9 Å². The highest BCUT2D eigenvalue weighted by atomic mass is 16.5. The zero-order valence-corrected chi connectivity index (χ0v) is 20.1. The standard InChI is InChI=1S/C27H29NO6/c1-6-32-26(29)23-17(3)28-18(4)24(27(30)33-7-2)25(23)20-13-14-21(22(15-20)31-5)34-16-19-11-9-8-10-12-19/h8-15H,6-7,16H2,1-5H3. The first-order valence-electron chi connectivity index (χ1n) is 11.1. The highest BCUT2D eigenvalue weighted by Crippen LogP contribution is 2.38. The quantitative estimate of drug-likeness (QED) is 0.398. The van der Waals surface area contributed by atoms with Crippen molar-refractivity contribution in [2.45, 2.75) is 34.3 Å². The number of carbonyl (C=O) groups excluding carboxylic acids is 2. The summed E-state index contributed by atoms with van der Waals surface area (Å²) in [5, 5.41) is 0. The van der Waals surface area contributed by atoms with E-state index in [1.807, 2.05) is 30.3 Å². The van der Waals surface area contributed by atoms with Crippen LogP contribution in [0.5, 0.6) is 11.5 Å². The topological polar surface area (TPSA) is 84.0 Å². The van der Waals surface area contributed by atoms with Gasteiger partial charge < -0.3 is 18.9 Å². The molecule has 0 unspecified atom stereocenters. The van der Waals surface area contributed by atoms with E-state index in [9.17, 15) is 9.59 Å². The number of ether oxygens (including phenoxy) is 4. The predicted octanol–water partition coefficient (Wildman–Crippen LogP) is 5.31. The molecular weight excluding hydrogens is 434 g/mol. The maximum atomic E-state index is 12.9. The number of methoxy groups -OCH3 is 1. The number of aryl methyl sites for hydroxylation is 2. The second-order valence-electron chi connectivity index (χ2n) is 7.49. The fraction of sp³-hybridized carbons (Fsp3) is 0.296. The van der Waals surface area contributed by atoms with Crippen molar-refractivity contribution < 1.29 is 28.5 Å². The molecule has 0 radical (unpaired) electrons. The summed E-state index contributed by atoms with van der Waals surface area (Å²) in [6.07, 6.45) is 0. The van der Waals surface area contributed by atoms with Crippen molar-refractivity contribution >= 4 is 11.9 Å². The van der Waals surface area contributed by atoms with Gasteiger partial charge in [-0.2, -0.15) is 0 Å². The zero-order chi connectivity index (χ0) is 24.7. The first-order chi connectivity index (χ1) is 16.4. The van der Waals surface area contributed by atoms with E-state index in [1.165, 1.54) is 7.11 Å². The van der Waals surface area contributed by atoms with E-state index >= 15 is 0 Å². The molecule has 0 N–H and O–H groups in total. The van der Waals surface area contributed by atoms with Gasteiger partial charge in [-0.3, -0.25) is 4.98 Å². The Bertz CT molecular complexity index is 1130. The van der Waals surface area contributed by atoms with Crippen LogP contribution in [0.4, 0.5) is 0 Å². The van der Waals surface area contributed by atoms with Gasteiger partial charge in [-0.15, -0.1) is 0 Å². The van der Waals surface area contributed by atoms with E-state index in [4.69, 9.17) is 18.9 Å². The SMILES string of the molecule is CCOC(=O)c1c(C)nc(C)c(C(=O)OCC)c1-c1ccc(OCc2ccccc2)c(OC)c1. The molecule has 7 nitrogen and oxygen atoms in total. The third-order valence-corrected chi connectivity index (χ3v) is 5.21. The normalized spacial score (nSPS) is 10.5. The number of rotatable bonds is 9. The molecule has 3 rings (SSSR count). The Morgan fingerprint density at radius 3 is 1.94 bits per heavy atom. The minimum atomic E-state index is -0.559. The van der Waals surface area contributed by atoms with Crippen molar-refractivity contribution in [3.63, 3.8) is 0 Å². The molecule has 1 aromatic heterocycles. The van der Waals surface area contributed by atoms with Crippen LogP contribution in [0.15, 0.2) is 48.5 Å². The molecule has 0 saturated carbocycles. The van der Waals surface area contributed by atoms with Crippen LogP contribution in [0.2, 0.25) is 0 Å². The van der Waals surface area contributed by atoms with Crippen LogP contribution < -0.4 is 9.47 Å². The van der Waals surface area contributed by atoms with Crippen LogP contribution in [0, 0.1) is 13.8 Å². The summed E-state index contributed by atoms with van der Waals surface area (Å²) in [5.41, 5.74) is 3.36. The van der Waals surface area contributed by atoms with Crippen LogP contribution in [0.25, 0.3) is 11.1 Å². The van der Waals surface area contributed by atoms with E-state index < -0.39 is 11.9 Å². The third-order valence-electron chi connectivity index (χ3n) is 5.21. The Morgan fingerprint density at radius 2 is 1.41 bits per heavy atom. The molecule has 7 heteroatoms. The number of aromatic nitrogens is 1. The molecule has 2 aromatic carbocycles. The first-order valence-corrected chi connectivity index (χ1v) is 11.1. The first kappa shape index (κ1) is 24.8. The van der Waals surface area contributed by atoms with Crippen LogP contribution >= 0.6 is 0 Å². The second-order valence-corrected chi connectivity index (χ2v) is 7.49. The number of hydrogen-bond acceptors (Lipinski definition) is 7. The number of hydrogen-bond donors (Lipinski definition) is 0. The molecule has 0 atom stereocenters. The van der Waals surface area contributed by atoms with E-state index in [-0.39, 0.29) is 24.3 Å². The highest BCUT2D eigenvalue weighted by Gasteiger charge is 2.28. The van der Waals surface area contributed by atoms with E-state index in [0.29, 0.717) is 40.6 Å². The Balaban J connectivity index is 2.14. The summed E-state index contributed by atoms with van der Waals surface area (Å²) in [4.78, 5) is 30.3. The van der Waals surface area contributed by atoms with Gasteiger partial charge in [-0.05, 0) is 51.0 Å². The van der Waals surface area contributed by atoms with E-state index in [0.717, 1.165) is 5.56 Å².